The van der Waals surface area contributed by atoms with Gasteiger partial charge >= 0.3 is 0 Å². The van der Waals surface area contributed by atoms with Crippen molar-refractivity contribution in [2.45, 2.75) is 32.2 Å². The molecule has 1 aliphatic heterocycles. The van der Waals surface area contributed by atoms with E-state index in [9.17, 15) is 4.79 Å². The lowest BCUT2D eigenvalue weighted by Gasteiger charge is -2.32. The van der Waals surface area contributed by atoms with E-state index < -0.39 is 0 Å². The van der Waals surface area contributed by atoms with Gasteiger partial charge in [-0.05, 0) is 43.9 Å². The molecular weight excluding hydrogens is 352 g/mol. The van der Waals surface area contributed by atoms with E-state index in [4.69, 9.17) is 4.42 Å². The van der Waals surface area contributed by atoms with Crippen molar-refractivity contribution in [2.75, 3.05) is 19.6 Å². The summed E-state index contributed by atoms with van der Waals surface area (Å²) in [5.74, 6) is 1.39. The average molecular weight is 378 g/mol. The summed E-state index contributed by atoms with van der Waals surface area (Å²) in [7, 11) is 0. The van der Waals surface area contributed by atoms with Gasteiger partial charge < -0.3 is 14.6 Å². The van der Waals surface area contributed by atoms with Gasteiger partial charge in [-0.15, -0.1) is 0 Å². The number of aryl methyl sites for hydroxylation is 1. The summed E-state index contributed by atoms with van der Waals surface area (Å²) < 4.78 is 5.57. The highest BCUT2D eigenvalue weighted by molar-refractivity contribution is 5.93. The van der Waals surface area contributed by atoms with Crippen molar-refractivity contribution in [3.63, 3.8) is 0 Å². The zero-order valence-corrected chi connectivity index (χ0v) is 16.1. The molecule has 6 nitrogen and oxygen atoms in total. The van der Waals surface area contributed by atoms with Crippen molar-refractivity contribution in [1.29, 1.82) is 0 Å². The maximum absolute atomic E-state index is 12.5. The van der Waals surface area contributed by atoms with Crippen LogP contribution in [-0.2, 0) is 6.42 Å². The Hall–Kier alpha value is -2.86. The second-order valence-corrected chi connectivity index (χ2v) is 7.40. The maximum atomic E-state index is 12.5. The summed E-state index contributed by atoms with van der Waals surface area (Å²) in [5.41, 5.74) is 2.49. The van der Waals surface area contributed by atoms with E-state index in [1.54, 1.807) is 6.07 Å². The fraction of sp³-hybridized carbons (Fsp3) is 0.364. The van der Waals surface area contributed by atoms with Crippen LogP contribution in [0.1, 0.15) is 34.7 Å². The predicted molar refractivity (Wildman–Crippen MR) is 108 cm³/mol. The number of likely N-dealkylation sites (tertiary alicyclic amines) is 1. The molecule has 0 unspecified atom stereocenters. The van der Waals surface area contributed by atoms with E-state index >= 15 is 0 Å². The van der Waals surface area contributed by atoms with Crippen LogP contribution >= 0.6 is 0 Å². The van der Waals surface area contributed by atoms with Crippen LogP contribution in [0.15, 0.2) is 52.9 Å². The lowest BCUT2D eigenvalue weighted by molar-refractivity contribution is 0.0906. The quantitative estimate of drug-likeness (QED) is 0.689. The summed E-state index contributed by atoms with van der Waals surface area (Å²) in [6, 6.07) is 16.3. The summed E-state index contributed by atoms with van der Waals surface area (Å²) in [6.07, 6.45) is 3.00. The lowest BCUT2D eigenvalue weighted by atomic mass is 10.0. The zero-order chi connectivity index (χ0) is 19.3. The number of H-pyrrole nitrogens is 1. The number of aromatic nitrogens is 2. The van der Waals surface area contributed by atoms with Crippen molar-refractivity contribution in [3.8, 4) is 11.5 Å². The van der Waals surface area contributed by atoms with E-state index in [1.165, 1.54) is 5.56 Å². The van der Waals surface area contributed by atoms with Gasteiger partial charge in [0.05, 0.1) is 0 Å². The van der Waals surface area contributed by atoms with E-state index in [1.807, 2.05) is 19.1 Å². The van der Waals surface area contributed by atoms with Gasteiger partial charge in [-0.2, -0.15) is 5.10 Å². The average Bonchev–Trinajstić information content (AvgIpc) is 3.37. The topological polar surface area (TPSA) is 74.2 Å². The molecule has 1 amide bonds. The molecular formula is C22H26N4O2. The molecule has 28 heavy (non-hydrogen) atoms. The smallest absolute Gasteiger partial charge is 0.272 e. The Labute approximate surface area is 164 Å². The van der Waals surface area contributed by atoms with Gasteiger partial charge in [0, 0.05) is 31.7 Å². The highest BCUT2D eigenvalue weighted by Crippen LogP contribution is 2.20. The third-order valence-corrected chi connectivity index (χ3v) is 5.30. The molecule has 3 aromatic rings. The number of aromatic amines is 1. The molecule has 1 saturated heterocycles. The van der Waals surface area contributed by atoms with Crippen LogP contribution in [0.2, 0.25) is 0 Å². The predicted octanol–water partition coefficient (Wildman–Crippen LogP) is 3.42. The van der Waals surface area contributed by atoms with Crippen LogP contribution < -0.4 is 5.32 Å². The fourth-order valence-electron chi connectivity index (χ4n) is 3.64. The monoisotopic (exact) mass is 378 g/mol. The molecule has 3 heterocycles. The maximum Gasteiger partial charge on any atom is 0.272 e. The highest BCUT2D eigenvalue weighted by Gasteiger charge is 2.22. The Morgan fingerprint density at radius 2 is 2.00 bits per heavy atom. The van der Waals surface area contributed by atoms with Crippen molar-refractivity contribution >= 4 is 5.91 Å². The number of carbonyl (C=O) groups is 1. The Morgan fingerprint density at radius 1 is 1.21 bits per heavy atom. The largest absolute Gasteiger partial charge is 0.460 e. The summed E-state index contributed by atoms with van der Waals surface area (Å²) in [5, 5.41) is 10.1. The molecule has 1 aromatic carbocycles. The van der Waals surface area contributed by atoms with Gasteiger partial charge in [-0.25, -0.2) is 0 Å². The molecule has 2 aromatic heterocycles. The van der Waals surface area contributed by atoms with Crippen LogP contribution in [-0.4, -0.2) is 46.7 Å². The molecule has 0 bridgehead atoms. The molecule has 0 aliphatic carbocycles. The highest BCUT2D eigenvalue weighted by atomic mass is 16.3. The number of hydrogen-bond donors (Lipinski definition) is 2. The number of nitrogens with one attached hydrogen (secondary N) is 2. The molecule has 6 heteroatoms. The standard InChI is InChI=1S/C22H26N4O2/c1-16-7-8-21(28-16)19-15-20(25-24-19)22(27)23-18-10-13-26(14-11-18)12-9-17-5-3-2-4-6-17/h2-8,15,18H,9-14H2,1H3,(H,23,27)(H,24,25). The zero-order valence-electron chi connectivity index (χ0n) is 16.1. The van der Waals surface area contributed by atoms with Crippen LogP contribution in [0.5, 0.6) is 0 Å². The normalized spacial score (nSPS) is 15.6. The van der Waals surface area contributed by atoms with E-state index in [2.05, 4.69) is 50.7 Å². The minimum Gasteiger partial charge on any atom is -0.460 e. The Morgan fingerprint density at radius 3 is 2.71 bits per heavy atom. The van der Waals surface area contributed by atoms with Gasteiger partial charge in [0.2, 0.25) is 0 Å². The molecule has 4 rings (SSSR count). The second kappa shape index (κ2) is 8.44. The van der Waals surface area contributed by atoms with Gasteiger partial charge in [-0.3, -0.25) is 9.89 Å². The molecule has 0 atom stereocenters. The number of hydrogen-bond acceptors (Lipinski definition) is 4. The molecule has 2 N–H and O–H groups in total. The Kier molecular flexibility index (Phi) is 5.58. The minimum absolute atomic E-state index is 0.131. The molecule has 146 valence electrons. The first-order valence-corrected chi connectivity index (χ1v) is 9.87. The van der Waals surface area contributed by atoms with E-state index in [0.717, 1.165) is 44.7 Å². The van der Waals surface area contributed by atoms with Crippen molar-refractivity contribution in [2.24, 2.45) is 0 Å². The number of nitrogens with zero attached hydrogens (tertiary/aromatic N) is 2. The first kappa shape index (κ1) is 18.5. The Balaban J connectivity index is 1.24. The number of piperidine rings is 1. The molecule has 1 aliphatic rings. The van der Waals surface area contributed by atoms with Gasteiger partial charge in [-0.1, -0.05) is 30.3 Å². The SMILES string of the molecule is Cc1ccc(-c2cc(C(=O)NC3CCN(CCc4ccccc4)CC3)n[nH]2)o1. The van der Waals surface area contributed by atoms with E-state index in [0.29, 0.717) is 17.1 Å². The van der Waals surface area contributed by atoms with Gasteiger partial charge in [0.15, 0.2) is 11.5 Å². The molecule has 0 spiro atoms. The van der Waals surface area contributed by atoms with Crippen molar-refractivity contribution in [1.82, 2.24) is 20.4 Å². The van der Waals surface area contributed by atoms with Gasteiger partial charge in [0.25, 0.3) is 5.91 Å². The summed E-state index contributed by atoms with van der Waals surface area (Å²) in [4.78, 5) is 15.0. The van der Waals surface area contributed by atoms with Crippen LogP contribution in [0, 0.1) is 6.92 Å². The first-order valence-electron chi connectivity index (χ1n) is 9.87. The number of amides is 1. The van der Waals surface area contributed by atoms with Gasteiger partial charge in [0.1, 0.15) is 11.5 Å². The van der Waals surface area contributed by atoms with Crippen molar-refractivity contribution in [3.05, 3.63) is 65.5 Å². The van der Waals surface area contributed by atoms with E-state index in [-0.39, 0.29) is 11.9 Å². The number of rotatable bonds is 6. The minimum atomic E-state index is -0.131. The Bertz CT molecular complexity index is 908. The fourth-order valence-corrected chi connectivity index (χ4v) is 3.64. The van der Waals surface area contributed by atoms with Crippen LogP contribution in [0.25, 0.3) is 11.5 Å². The third-order valence-electron chi connectivity index (χ3n) is 5.30. The third kappa shape index (κ3) is 4.51. The second-order valence-electron chi connectivity index (χ2n) is 7.40. The number of benzene rings is 1. The molecule has 0 radical (unpaired) electrons. The van der Waals surface area contributed by atoms with Crippen molar-refractivity contribution < 1.29 is 9.21 Å². The number of furan rings is 1. The number of carbonyl (C=O) groups excluding carboxylic acids is 1. The summed E-state index contributed by atoms with van der Waals surface area (Å²) >= 11 is 0. The molecule has 1 fully saturated rings. The van der Waals surface area contributed by atoms with Crippen LogP contribution in [0.4, 0.5) is 0 Å². The first-order chi connectivity index (χ1) is 13.7. The lowest BCUT2D eigenvalue weighted by Crippen LogP contribution is -2.45. The van der Waals surface area contributed by atoms with Crippen LogP contribution in [0.3, 0.4) is 0 Å². The molecule has 0 saturated carbocycles. The summed E-state index contributed by atoms with van der Waals surface area (Å²) in [6.45, 7) is 4.97.